The van der Waals surface area contributed by atoms with E-state index in [4.69, 9.17) is 4.42 Å². The molecule has 1 aliphatic heterocycles. The third kappa shape index (κ3) is 2.67. The predicted molar refractivity (Wildman–Crippen MR) is 95.1 cm³/mol. The Balaban J connectivity index is 1.62. The molecule has 5 heteroatoms. The molecule has 0 atom stereocenters. The first-order chi connectivity index (χ1) is 11.7. The number of furan rings is 1. The van der Waals surface area contributed by atoms with Crippen LogP contribution in [0.3, 0.4) is 0 Å². The Kier molecular flexibility index (Phi) is 3.39. The van der Waals surface area contributed by atoms with Crippen LogP contribution in [0.4, 0.5) is 17.4 Å². The second-order valence-electron chi connectivity index (χ2n) is 5.58. The molecule has 0 aliphatic carbocycles. The van der Waals surface area contributed by atoms with Crippen molar-refractivity contribution in [3.05, 3.63) is 65.5 Å². The summed E-state index contributed by atoms with van der Waals surface area (Å²) in [5.41, 5.74) is 3.84. The van der Waals surface area contributed by atoms with Crippen molar-refractivity contribution >= 4 is 35.3 Å². The van der Waals surface area contributed by atoms with Gasteiger partial charge in [-0.05, 0) is 37.3 Å². The molecule has 2 N–H and O–H groups in total. The average Bonchev–Trinajstić information content (AvgIpc) is 3.14. The number of nitrogens with one attached hydrogen (secondary N) is 1. The van der Waals surface area contributed by atoms with Crippen LogP contribution in [0.2, 0.25) is 0 Å². The van der Waals surface area contributed by atoms with Gasteiger partial charge in [0.1, 0.15) is 0 Å². The molecule has 3 heterocycles. The smallest absolute Gasteiger partial charge is 0.201 e. The lowest BCUT2D eigenvalue weighted by Crippen LogP contribution is -1.87. The lowest BCUT2D eigenvalue weighted by Gasteiger charge is -2.02. The number of pyridine rings is 1. The predicted octanol–water partition coefficient (Wildman–Crippen LogP) is 4.69. The van der Waals surface area contributed by atoms with E-state index >= 15 is 0 Å². The molecule has 0 bridgehead atoms. The van der Waals surface area contributed by atoms with Gasteiger partial charge in [-0.15, -0.1) is 0 Å². The van der Waals surface area contributed by atoms with Crippen LogP contribution in [0.5, 0.6) is 5.75 Å². The molecule has 3 aromatic rings. The van der Waals surface area contributed by atoms with Crippen molar-refractivity contribution in [3.8, 4) is 5.75 Å². The molecule has 118 valence electrons. The maximum absolute atomic E-state index is 10.1. The summed E-state index contributed by atoms with van der Waals surface area (Å²) in [7, 11) is 0. The molecule has 0 radical (unpaired) electrons. The zero-order chi connectivity index (χ0) is 16.5. The van der Waals surface area contributed by atoms with E-state index in [0.717, 1.165) is 16.8 Å². The summed E-state index contributed by atoms with van der Waals surface area (Å²) in [5.74, 6) is 1.60. The number of benzene rings is 1. The molecule has 5 nitrogen and oxygen atoms in total. The zero-order valence-electron chi connectivity index (χ0n) is 13.0. The van der Waals surface area contributed by atoms with Crippen LogP contribution >= 0.6 is 0 Å². The number of nitrogens with zero attached hydrogens (tertiary/aromatic N) is 2. The number of rotatable bonds is 3. The minimum atomic E-state index is 0.0721. The van der Waals surface area contributed by atoms with Crippen molar-refractivity contribution in [2.45, 2.75) is 6.92 Å². The summed E-state index contributed by atoms with van der Waals surface area (Å²) in [5, 5.41) is 13.3. The van der Waals surface area contributed by atoms with Crippen LogP contribution in [0.1, 0.15) is 16.9 Å². The quantitative estimate of drug-likeness (QED) is 0.735. The van der Waals surface area contributed by atoms with E-state index in [9.17, 15) is 5.11 Å². The van der Waals surface area contributed by atoms with E-state index in [1.165, 1.54) is 5.56 Å². The van der Waals surface area contributed by atoms with Crippen LogP contribution in [-0.4, -0.2) is 16.3 Å². The van der Waals surface area contributed by atoms with E-state index in [0.29, 0.717) is 17.5 Å². The van der Waals surface area contributed by atoms with Crippen LogP contribution < -0.4 is 5.32 Å². The molecule has 2 aromatic heterocycles. The van der Waals surface area contributed by atoms with E-state index < -0.39 is 0 Å². The second kappa shape index (κ2) is 5.70. The molecule has 4 rings (SSSR count). The van der Waals surface area contributed by atoms with Crippen molar-refractivity contribution in [1.82, 2.24) is 4.98 Å². The Morgan fingerprint density at radius 3 is 2.83 bits per heavy atom. The van der Waals surface area contributed by atoms with Gasteiger partial charge < -0.3 is 14.8 Å². The molecule has 0 fully saturated rings. The van der Waals surface area contributed by atoms with E-state index in [2.05, 4.69) is 15.3 Å². The monoisotopic (exact) mass is 317 g/mol. The van der Waals surface area contributed by atoms with E-state index in [1.807, 2.05) is 43.3 Å². The fourth-order valence-electron chi connectivity index (χ4n) is 2.52. The summed E-state index contributed by atoms with van der Waals surface area (Å²) in [4.78, 5) is 8.44. The number of aliphatic imine (C=N–C) groups is 1. The fourth-order valence-corrected chi connectivity index (χ4v) is 2.52. The molecule has 0 saturated heterocycles. The van der Waals surface area contributed by atoms with Crippen molar-refractivity contribution in [1.29, 1.82) is 0 Å². The molecule has 0 saturated carbocycles. The number of hydrogen-bond donors (Lipinski definition) is 2. The molecular formula is C19H15N3O2. The van der Waals surface area contributed by atoms with Crippen LogP contribution in [-0.2, 0) is 0 Å². The molecular weight excluding hydrogens is 302 g/mol. The Labute approximate surface area is 139 Å². The summed E-state index contributed by atoms with van der Waals surface area (Å²) in [6.07, 6.45) is 5.17. The van der Waals surface area contributed by atoms with Gasteiger partial charge in [0.2, 0.25) is 5.88 Å². The Hall–Kier alpha value is -3.34. The van der Waals surface area contributed by atoms with Crippen molar-refractivity contribution in [2.24, 2.45) is 4.99 Å². The lowest BCUT2D eigenvalue weighted by atomic mass is 10.1. The molecule has 1 aliphatic rings. The van der Waals surface area contributed by atoms with Gasteiger partial charge in [-0.1, -0.05) is 17.7 Å². The summed E-state index contributed by atoms with van der Waals surface area (Å²) in [6.45, 7) is 2.03. The van der Waals surface area contributed by atoms with Crippen LogP contribution in [0.25, 0.3) is 11.6 Å². The molecule has 0 amide bonds. The van der Waals surface area contributed by atoms with Gasteiger partial charge in [-0.2, -0.15) is 0 Å². The van der Waals surface area contributed by atoms with Crippen molar-refractivity contribution < 1.29 is 9.52 Å². The van der Waals surface area contributed by atoms with Gasteiger partial charge in [0.25, 0.3) is 0 Å². The van der Waals surface area contributed by atoms with E-state index in [-0.39, 0.29) is 5.75 Å². The van der Waals surface area contributed by atoms with Gasteiger partial charge in [-0.3, -0.25) is 0 Å². The lowest BCUT2D eigenvalue weighted by molar-refractivity contribution is 0.456. The first-order valence-corrected chi connectivity index (χ1v) is 7.57. The SMILES string of the molecule is Cc1ccc(Nc2cc(O)c(C=C3C=Nc4ncccc43)o2)cc1. The van der Waals surface area contributed by atoms with Gasteiger partial charge in [-0.25, -0.2) is 9.98 Å². The number of allylic oxidation sites excluding steroid dienone is 1. The number of anilines is 2. The fraction of sp³-hybridized carbons (Fsp3) is 0.0526. The Bertz CT molecular complexity index is 953. The minimum absolute atomic E-state index is 0.0721. The average molecular weight is 317 g/mol. The first kappa shape index (κ1) is 14.3. The Morgan fingerprint density at radius 1 is 1.17 bits per heavy atom. The third-order valence-corrected chi connectivity index (χ3v) is 3.77. The zero-order valence-corrected chi connectivity index (χ0v) is 13.0. The number of aromatic hydroxyl groups is 1. The number of aryl methyl sites for hydroxylation is 1. The van der Waals surface area contributed by atoms with Crippen molar-refractivity contribution in [3.63, 3.8) is 0 Å². The highest BCUT2D eigenvalue weighted by atomic mass is 16.4. The Morgan fingerprint density at radius 2 is 2.00 bits per heavy atom. The highest BCUT2D eigenvalue weighted by Crippen LogP contribution is 2.34. The maximum Gasteiger partial charge on any atom is 0.201 e. The summed E-state index contributed by atoms with van der Waals surface area (Å²) >= 11 is 0. The number of hydrogen-bond acceptors (Lipinski definition) is 5. The van der Waals surface area contributed by atoms with E-state index in [1.54, 1.807) is 24.6 Å². The largest absolute Gasteiger partial charge is 0.504 e. The van der Waals surface area contributed by atoms with Crippen molar-refractivity contribution in [2.75, 3.05) is 5.32 Å². The third-order valence-electron chi connectivity index (χ3n) is 3.77. The van der Waals surface area contributed by atoms with Gasteiger partial charge in [0, 0.05) is 35.3 Å². The number of fused-ring (bicyclic) bond motifs is 1. The van der Waals surface area contributed by atoms with Crippen LogP contribution in [0, 0.1) is 6.92 Å². The molecule has 0 unspecified atom stereocenters. The van der Waals surface area contributed by atoms with Gasteiger partial charge >= 0.3 is 0 Å². The summed E-state index contributed by atoms with van der Waals surface area (Å²) in [6, 6.07) is 13.3. The molecule has 24 heavy (non-hydrogen) atoms. The minimum Gasteiger partial charge on any atom is -0.504 e. The standard InChI is InChI=1S/C19H15N3O2/c1-12-4-6-14(7-5-12)22-18-10-16(23)17(24-18)9-13-11-21-19-15(13)3-2-8-20-19/h2-11,22-23H,1H3. The van der Waals surface area contributed by atoms with Crippen LogP contribution in [0.15, 0.2) is 58.1 Å². The summed E-state index contributed by atoms with van der Waals surface area (Å²) < 4.78 is 5.71. The molecule has 1 aromatic carbocycles. The normalized spacial score (nSPS) is 14.1. The second-order valence-corrected chi connectivity index (χ2v) is 5.58. The topological polar surface area (TPSA) is 70.7 Å². The first-order valence-electron chi connectivity index (χ1n) is 7.57. The van der Waals surface area contributed by atoms with Gasteiger partial charge in [0.15, 0.2) is 17.3 Å². The highest BCUT2D eigenvalue weighted by molar-refractivity contribution is 6.20. The molecule has 0 spiro atoms. The maximum atomic E-state index is 10.1. The van der Waals surface area contributed by atoms with Gasteiger partial charge in [0.05, 0.1) is 0 Å². The number of aromatic nitrogens is 1. The highest BCUT2D eigenvalue weighted by Gasteiger charge is 2.15.